The fraction of sp³-hybridized carbons (Fsp3) is 0.192. The van der Waals surface area contributed by atoms with E-state index in [1.54, 1.807) is 19.2 Å². The number of benzene rings is 3. The maximum absolute atomic E-state index is 13.2. The van der Waals surface area contributed by atoms with Crippen molar-refractivity contribution < 1.29 is 33.3 Å². The molecule has 0 saturated heterocycles. The van der Waals surface area contributed by atoms with E-state index in [0.29, 0.717) is 35.5 Å². The SMILES string of the molecule is COC(=O)c1ccc(C(=O)C(=O)c2cc3c(cc2CCc2ccc(OC)cc2)OCO3)cc1. The Labute approximate surface area is 190 Å². The molecule has 1 heterocycles. The first-order valence-corrected chi connectivity index (χ1v) is 10.3. The molecule has 0 radical (unpaired) electrons. The van der Waals surface area contributed by atoms with Crippen LogP contribution in [0.15, 0.2) is 60.7 Å². The van der Waals surface area contributed by atoms with Crippen LogP contribution in [-0.2, 0) is 17.6 Å². The highest BCUT2D eigenvalue weighted by molar-refractivity contribution is 6.49. The molecule has 0 amide bonds. The summed E-state index contributed by atoms with van der Waals surface area (Å²) in [7, 11) is 2.89. The maximum Gasteiger partial charge on any atom is 0.337 e. The number of esters is 1. The Morgan fingerprint density at radius 2 is 1.42 bits per heavy atom. The standard InChI is InChI=1S/C26H22O7/c1-30-20-11-4-16(5-12-20)3-6-19-13-22-23(33-15-32-22)14-21(19)25(28)24(27)17-7-9-18(10-8-17)26(29)31-2/h4-5,7-14H,3,6,15H2,1-2H3. The Balaban J connectivity index is 1.59. The van der Waals surface area contributed by atoms with E-state index in [0.717, 1.165) is 11.3 Å². The van der Waals surface area contributed by atoms with Crippen LogP contribution in [0, 0.1) is 0 Å². The second-order valence-corrected chi connectivity index (χ2v) is 7.44. The molecule has 0 N–H and O–H groups in total. The van der Waals surface area contributed by atoms with Gasteiger partial charge in [0.05, 0.1) is 19.8 Å². The third-order valence-corrected chi connectivity index (χ3v) is 5.46. The lowest BCUT2D eigenvalue weighted by molar-refractivity contribution is 0.0600. The molecule has 0 spiro atoms. The number of fused-ring (bicyclic) bond motifs is 1. The number of hydrogen-bond donors (Lipinski definition) is 0. The summed E-state index contributed by atoms with van der Waals surface area (Å²) in [4.78, 5) is 37.7. The Morgan fingerprint density at radius 3 is 2.06 bits per heavy atom. The first-order valence-electron chi connectivity index (χ1n) is 10.3. The van der Waals surface area contributed by atoms with Crippen molar-refractivity contribution >= 4 is 17.5 Å². The molecular formula is C26H22O7. The lowest BCUT2D eigenvalue weighted by Crippen LogP contribution is -2.17. The number of ketones is 2. The van der Waals surface area contributed by atoms with Gasteiger partial charge in [-0.2, -0.15) is 0 Å². The number of carbonyl (C=O) groups excluding carboxylic acids is 3. The van der Waals surface area contributed by atoms with Crippen LogP contribution < -0.4 is 14.2 Å². The third-order valence-electron chi connectivity index (χ3n) is 5.46. The molecule has 0 unspecified atom stereocenters. The van der Waals surface area contributed by atoms with Gasteiger partial charge in [-0.15, -0.1) is 0 Å². The predicted octanol–water partition coefficient (Wildman–Crippen LogP) is 4.06. The number of ether oxygens (including phenoxy) is 4. The Morgan fingerprint density at radius 1 is 0.788 bits per heavy atom. The van der Waals surface area contributed by atoms with Crippen molar-refractivity contribution in [2.24, 2.45) is 0 Å². The van der Waals surface area contributed by atoms with E-state index in [1.807, 2.05) is 24.3 Å². The highest BCUT2D eigenvalue weighted by Crippen LogP contribution is 2.36. The van der Waals surface area contributed by atoms with E-state index in [1.165, 1.54) is 31.4 Å². The van der Waals surface area contributed by atoms with Crippen LogP contribution >= 0.6 is 0 Å². The Bertz CT molecular complexity index is 1190. The van der Waals surface area contributed by atoms with E-state index in [2.05, 4.69) is 4.74 Å². The van der Waals surface area contributed by atoms with Crippen molar-refractivity contribution in [3.05, 3.63) is 88.5 Å². The van der Waals surface area contributed by atoms with Gasteiger partial charge in [-0.25, -0.2) is 4.79 Å². The fourth-order valence-corrected chi connectivity index (χ4v) is 3.60. The average Bonchev–Trinajstić information content (AvgIpc) is 3.33. The van der Waals surface area contributed by atoms with E-state index < -0.39 is 17.5 Å². The minimum absolute atomic E-state index is 0.0633. The second-order valence-electron chi connectivity index (χ2n) is 7.44. The third kappa shape index (κ3) is 4.72. The van der Waals surface area contributed by atoms with Gasteiger partial charge in [0, 0.05) is 11.1 Å². The van der Waals surface area contributed by atoms with Crippen molar-refractivity contribution in [3.63, 3.8) is 0 Å². The summed E-state index contributed by atoms with van der Waals surface area (Å²) in [6.07, 6.45) is 1.19. The van der Waals surface area contributed by atoms with Gasteiger partial charge in [-0.05, 0) is 60.4 Å². The number of Topliss-reactive ketones (excluding diaryl/α,β-unsaturated/α-hetero) is 2. The molecule has 3 aromatic rings. The van der Waals surface area contributed by atoms with Gasteiger partial charge in [0.2, 0.25) is 18.4 Å². The van der Waals surface area contributed by atoms with Crippen molar-refractivity contribution in [3.8, 4) is 17.2 Å². The number of rotatable bonds is 8. The molecule has 7 nitrogen and oxygen atoms in total. The highest BCUT2D eigenvalue weighted by atomic mass is 16.7. The minimum Gasteiger partial charge on any atom is -0.497 e. The molecule has 3 aromatic carbocycles. The molecule has 1 aliphatic rings. The number of aryl methyl sites for hydroxylation is 2. The summed E-state index contributed by atoms with van der Waals surface area (Å²) in [5, 5.41) is 0. The first-order chi connectivity index (χ1) is 16.0. The van der Waals surface area contributed by atoms with Crippen LogP contribution in [0.2, 0.25) is 0 Å². The van der Waals surface area contributed by atoms with Crippen molar-refractivity contribution in [2.75, 3.05) is 21.0 Å². The number of methoxy groups -OCH3 is 2. The van der Waals surface area contributed by atoms with Crippen LogP contribution in [0.5, 0.6) is 17.2 Å². The molecule has 168 valence electrons. The van der Waals surface area contributed by atoms with Crippen LogP contribution in [-0.4, -0.2) is 38.5 Å². The van der Waals surface area contributed by atoms with Gasteiger partial charge >= 0.3 is 5.97 Å². The molecule has 0 saturated carbocycles. The summed E-state index contributed by atoms with van der Waals surface area (Å²) < 4.78 is 20.7. The lowest BCUT2D eigenvalue weighted by Gasteiger charge is -2.11. The molecule has 0 aromatic heterocycles. The van der Waals surface area contributed by atoms with E-state index >= 15 is 0 Å². The van der Waals surface area contributed by atoms with Crippen molar-refractivity contribution in [2.45, 2.75) is 12.8 Å². The van der Waals surface area contributed by atoms with Gasteiger partial charge in [0.15, 0.2) is 11.5 Å². The predicted molar refractivity (Wildman–Crippen MR) is 119 cm³/mol. The molecule has 0 fully saturated rings. The van der Waals surface area contributed by atoms with Crippen LogP contribution in [0.4, 0.5) is 0 Å². The minimum atomic E-state index is -0.670. The molecule has 33 heavy (non-hydrogen) atoms. The topological polar surface area (TPSA) is 88.1 Å². The first kappa shape index (κ1) is 22.1. The van der Waals surface area contributed by atoms with Gasteiger partial charge in [-0.1, -0.05) is 24.3 Å². The van der Waals surface area contributed by atoms with E-state index in [9.17, 15) is 14.4 Å². The van der Waals surface area contributed by atoms with Gasteiger partial charge < -0.3 is 18.9 Å². The average molecular weight is 446 g/mol. The zero-order valence-electron chi connectivity index (χ0n) is 18.3. The van der Waals surface area contributed by atoms with Crippen LogP contribution in [0.3, 0.4) is 0 Å². The van der Waals surface area contributed by atoms with Crippen molar-refractivity contribution in [1.29, 1.82) is 0 Å². The van der Waals surface area contributed by atoms with Crippen molar-refractivity contribution in [1.82, 2.24) is 0 Å². The smallest absolute Gasteiger partial charge is 0.337 e. The van der Waals surface area contributed by atoms with E-state index in [-0.39, 0.29) is 17.9 Å². The quantitative estimate of drug-likeness (QED) is 0.293. The summed E-state index contributed by atoms with van der Waals surface area (Å²) in [6.45, 7) is 0.0633. The molecule has 1 aliphatic heterocycles. The van der Waals surface area contributed by atoms with Crippen LogP contribution in [0.1, 0.15) is 42.2 Å². The largest absolute Gasteiger partial charge is 0.497 e. The number of carbonyl (C=O) groups is 3. The monoisotopic (exact) mass is 446 g/mol. The number of hydrogen-bond acceptors (Lipinski definition) is 7. The van der Waals surface area contributed by atoms with E-state index in [4.69, 9.17) is 14.2 Å². The molecule has 0 bridgehead atoms. The second kappa shape index (κ2) is 9.56. The Kier molecular flexibility index (Phi) is 6.40. The zero-order chi connectivity index (χ0) is 23.4. The van der Waals surface area contributed by atoms with Gasteiger partial charge in [0.25, 0.3) is 0 Å². The summed E-state index contributed by atoms with van der Waals surface area (Å²) >= 11 is 0. The van der Waals surface area contributed by atoms with Gasteiger partial charge in [0.1, 0.15) is 5.75 Å². The lowest BCUT2D eigenvalue weighted by atomic mass is 9.93. The van der Waals surface area contributed by atoms with Gasteiger partial charge in [-0.3, -0.25) is 9.59 Å². The normalized spacial score (nSPS) is 11.7. The summed E-state index contributed by atoms with van der Waals surface area (Å²) in [6, 6.07) is 16.8. The molecule has 0 atom stereocenters. The maximum atomic E-state index is 13.2. The molecule has 7 heteroatoms. The van der Waals surface area contributed by atoms with Crippen LogP contribution in [0.25, 0.3) is 0 Å². The molecular weight excluding hydrogens is 424 g/mol. The summed E-state index contributed by atoms with van der Waals surface area (Å²) in [5.74, 6) is -0.0928. The summed E-state index contributed by atoms with van der Waals surface area (Å²) in [5.41, 5.74) is 2.52. The zero-order valence-corrected chi connectivity index (χ0v) is 18.3. The molecule has 0 aliphatic carbocycles. The molecule has 4 rings (SSSR count). The fourth-order valence-electron chi connectivity index (χ4n) is 3.60. The Hall–Kier alpha value is -4.13. The highest BCUT2D eigenvalue weighted by Gasteiger charge is 2.26.